The Morgan fingerprint density at radius 2 is 2.17 bits per heavy atom. The molecular formula is C19H28IN7O2S. The van der Waals surface area contributed by atoms with Crippen LogP contribution < -0.4 is 15.5 Å². The van der Waals surface area contributed by atoms with Crippen LogP contribution in [0.1, 0.15) is 23.0 Å². The Morgan fingerprint density at radius 3 is 2.80 bits per heavy atom. The summed E-state index contributed by atoms with van der Waals surface area (Å²) in [5.74, 6) is 0.711. The number of thiophene rings is 1. The van der Waals surface area contributed by atoms with Gasteiger partial charge in [-0.05, 0) is 24.8 Å². The maximum Gasteiger partial charge on any atom is 0.261 e. The van der Waals surface area contributed by atoms with Crippen LogP contribution in [0.25, 0.3) is 0 Å². The fraction of sp³-hybridized carbons (Fsp3) is 0.474. The summed E-state index contributed by atoms with van der Waals surface area (Å²) in [6, 6.07) is 3.67. The van der Waals surface area contributed by atoms with Crippen molar-refractivity contribution in [1.82, 2.24) is 25.3 Å². The van der Waals surface area contributed by atoms with Gasteiger partial charge in [0, 0.05) is 46.0 Å². The second-order valence-corrected chi connectivity index (χ2v) is 7.61. The van der Waals surface area contributed by atoms with Crippen molar-refractivity contribution >= 4 is 58.8 Å². The molecule has 1 fully saturated rings. The van der Waals surface area contributed by atoms with Crippen LogP contribution in [0, 0.1) is 0 Å². The van der Waals surface area contributed by atoms with Gasteiger partial charge in [-0.3, -0.25) is 19.3 Å². The number of amides is 2. The standard InChI is InChI=1S/C19H27N7O2S.HI/c1-3-20-19(22-8-5-7-21-18(28)16-6-4-11-29-16)25-9-10-26(17(27)14-25)15-12-23-24(2)13-15;/h4,6,11-13H,3,5,7-10,14H2,1-2H3,(H,20,22)(H,21,28);1H. The number of nitrogens with one attached hydrogen (secondary N) is 2. The third-order valence-corrected chi connectivity index (χ3v) is 5.35. The Balaban J connectivity index is 0.00000320. The van der Waals surface area contributed by atoms with Crippen LogP contribution in [0.5, 0.6) is 0 Å². The number of hydrogen-bond acceptors (Lipinski definition) is 5. The zero-order valence-corrected chi connectivity index (χ0v) is 20.4. The highest BCUT2D eigenvalue weighted by molar-refractivity contribution is 14.0. The number of hydrogen-bond donors (Lipinski definition) is 2. The van der Waals surface area contributed by atoms with Gasteiger partial charge in [0.25, 0.3) is 5.91 Å². The minimum atomic E-state index is -0.0481. The SMILES string of the molecule is CCNC(=NCCCNC(=O)c1cccs1)N1CCN(c2cnn(C)c2)C(=O)C1.I. The molecule has 2 aromatic rings. The summed E-state index contributed by atoms with van der Waals surface area (Å²) in [5.41, 5.74) is 0.820. The van der Waals surface area contributed by atoms with Crippen molar-refractivity contribution in [3.05, 3.63) is 34.8 Å². The third-order valence-electron chi connectivity index (χ3n) is 4.49. The fourth-order valence-electron chi connectivity index (χ4n) is 3.06. The second kappa shape index (κ2) is 11.9. The summed E-state index contributed by atoms with van der Waals surface area (Å²) in [6.07, 6.45) is 4.28. The van der Waals surface area contributed by atoms with E-state index in [2.05, 4.69) is 20.7 Å². The number of rotatable bonds is 7. The van der Waals surface area contributed by atoms with E-state index in [1.54, 1.807) is 15.8 Å². The highest BCUT2D eigenvalue weighted by atomic mass is 127. The number of aryl methyl sites for hydroxylation is 1. The molecule has 30 heavy (non-hydrogen) atoms. The maximum absolute atomic E-state index is 12.6. The first-order valence-corrected chi connectivity index (χ1v) is 10.6. The zero-order chi connectivity index (χ0) is 20.6. The molecule has 0 aromatic carbocycles. The number of guanidine groups is 1. The molecule has 2 amide bonds. The van der Waals surface area contributed by atoms with Crippen LogP contribution in [-0.2, 0) is 11.8 Å². The quantitative estimate of drug-likeness (QED) is 0.238. The lowest BCUT2D eigenvalue weighted by Gasteiger charge is -2.35. The van der Waals surface area contributed by atoms with E-state index in [9.17, 15) is 9.59 Å². The Morgan fingerprint density at radius 1 is 1.33 bits per heavy atom. The van der Waals surface area contributed by atoms with Crippen molar-refractivity contribution < 1.29 is 9.59 Å². The smallest absolute Gasteiger partial charge is 0.261 e. The van der Waals surface area contributed by atoms with Crippen molar-refractivity contribution in [2.24, 2.45) is 12.0 Å². The van der Waals surface area contributed by atoms with Gasteiger partial charge in [-0.15, -0.1) is 35.3 Å². The minimum Gasteiger partial charge on any atom is -0.357 e. The summed E-state index contributed by atoms with van der Waals surface area (Å²) in [7, 11) is 1.84. The normalized spacial score (nSPS) is 14.5. The minimum absolute atomic E-state index is 0. The van der Waals surface area contributed by atoms with E-state index < -0.39 is 0 Å². The molecule has 0 bridgehead atoms. The molecule has 2 N–H and O–H groups in total. The second-order valence-electron chi connectivity index (χ2n) is 6.66. The Kier molecular flexibility index (Phi) is 9.56. The molecule has 0 unspecified atom stereocenters. The number of aromatic nitrogens is 2. The summed E-state index contributed by atoms with van der Waals surface area (Å²) in [4.78, 5) is 33.6. The Bertz CT molecular complexity index is 853. The van der Waals surface area contributed by atoms with Crippen LogP contribution in [0.15, 0.2) is 34.9 Å². The predicted molar refractivity (Wildman–Crippen MR) is 130 cm³/mol. The summed E-state index contributed by atoms with van der Waals surface area (Å²) in [5, 5.41) is 12.2. The summed E-state index contributed by atoms with van der Waals surface area (Å²) in [6.45, 7) is 5.43. The van der Waals surface area contributed by atoms with Gasteiger partial charge in [0.2, 0.25) is 5.91 Å². The van der Waals surface area contributed by atoms with Gasteiger partial charge in [0.05, 0.1) is 16.8 Å². The lowest BCUT2D eigenvalue weighted by molar-refractivity contribution is -0.120. The Hall–Kier alpha value is -2.15. The molecule has 0 saturated carbocycles. The van der Waals surface area contributed by atoms with E-state index >= 15 is 0 Å². The summed E-state index contributed by atoms with van der Waals surface area (Å²) >= 11 is 1.43. The van der Waals surface area contributed by atoms with Gasteiger partial charge in [0.1, 0.15) is 6.54 Å². The molecule has 164 valence electrons. The number of carbonyl (C=O) groups is 2. The highest BCUT2D eigenvalue weighted by Gasteiger charge is 2.27. The van der Waals surface area contributed by atoms with Crippen LogP contribution in [-0.4, -0.2) is 71.7 Å². The Labute approximate surface area is 197 Å². The molecular weight excluding hydrogens is 517 g/mol. The third kappa shape index (κ3) is 6.42. The molecule has 3 heterocycles. The van der Waals surface area contributed by atoms with Crippen molar-refractivity contribution in [2.45, 2.75) is 13.3 Å². The van der Waals surface area contributed by atoms with E-state index in [0.29, 0.717) is 31.1 Å². The van der Waals surface area contributed by atoms with E-state index in [4.69, 9.17) is 0 Å². The van der Waals surface area contributed by atoms with E-state index in [-0.39, 0.29) is 42.3 Å². The molecule has 11 heteroatoms. The summed E-state index contributed by atoms with van der Waals surface area (Å²) < 4.78 is 1.69. The molecule has 2 aromatic heterocycles. The number of carbonyl (C=O) groups excluding carboxylic acids is 2. The first kappa shape index (κ1) is 24.1. The molecule has 1 aliphatic rings. The topological polar surface area (TPSA) is 94.9 Å². The molecule has 9 nitrogen and oxygen atoms in total. The highest BCUT2D eigenvalue weighted by Crippen LogP contribution is 2.16. The van der Waals surface area contributed by atoms with Gasteiger partial charge >= 0.3 is 0 Å². The van der Waals surface area contributed by atoms with Crippen molar-refractivity contribution in [3.63, 3.8) is 0 Å². The molecule has 0 atom stereocenters. The van der Waals surface area contributed by atoms with E-state index in [1.807, 2.05) is 42.6 Å². The first-order chi connectivity index (χ1) is 14.1. The number of aliphatic imine (C=N–C) groups is 1. The van der Waals surface area contributed by atoms with Crippen LogP contribution in [0.3, 0.4) is 0 Å². The van der Waals surface area contributed by atoms with E-state index in [0.717, 1.165) is 24.6 Å². The van der Waals surface area contributed by atoms with Gasteiger partial charge in [-0.25, -0.2) is 0 Å². The van der Waals surface area contributed by atoms with Crippen LogP contribution >= 0.6 is 35.3 Å². The molecule has 0 spiro atoms. The average Bonchev–Trinajstić information content (AvgIpc) is 3.38. The van der Waals surface area contributed by atoms with E-state index in [1.165, 1.54) is 11.3 Å². The molecule has 0 aliphatic carbocycles. The maximum atomic E-state index is 12.6. The predicted octanol–water partition coefficient (Wildman–Crippen LogP) is 1.53. The zero-order valence-electron chi connectivity index (χ0n) is 17.2. The number of halogens is 1. The number of nitrogens with zero attached hydrogens (tertiary/aromatic N) is 5. The molecule has 1 saturated heterocycles. The lowest BCUT2D eigenvalue weighted by Crippen LogP contribution is -2.55. The van der Waals surface area contributed by atoms with Crippen LogP contribution in [0.4, 0.5) is 5.69 Å². The first-order valence-electron chi connectivity index (χ1n) is 9.72. The molecule has 0 radical (unpaired) electrons. The largest absolute Gasteiger partial charge is 0.357 e. The monoisotopic (exact) mass is 545 g/mol. The lowest BCUT2D eigenvalue weighted by atomic mass is 10.3. The van der Waals surface area contributed by atoms with Gasteiger partial charge < -0.3 is 20.4 Å². The van der Waals surface area contributed by atoms with Crippen molar-refractivity contribution in [1.29, 1.82) is 0 Å². The van der Waals surface area contributed by atoms with Gasteiger partial charge in [-0.2, -0.15) is 5.10 Å². The van der Waals surface area contributed by atoms with Gasteiger partial charge in [-0.1, -0.05) is 6.07 Å². The van der Waals surface area contributed by atoms with Crippen molar-refractivity contribution in [2.75, 3.05) is 44.2 Å². The molecule has 1 aliphatic heterocycles. The van der Waals surface area contributed by atoms with Crippen LogP contribution in [0.2, 0.25) is 0 Å². The van der Waals surface area contributed by atoms with Gasteiger partial charge in [0.15, 0.2) is 5.96 Å². The van der Waals surface area contributed by atoms with Crippen molar-refractivity contribution in [3.8, 4) is 0 Å². The number of piperazine rings is 1. The average molecular weight is 545 g/mol. The number of anilines is 1. The fourth-order valence-corrected chi connectivity index (χ4v) is 3.70. The molecule has 3 rings (SSSR count).